The van der Waals surface area contributed by atoms with Crippen molar-refractivity contribution in [2.24, 2.45) is 13.0 Å². The first kappa shape index (κ1) is 21.3. The SMILES string of the molecule is Cc1c(-n2nnnc2SCC(=O)NCC2CCOCC2)c(=O)n(-c2ccccc2)n1C. The zero-order chi connectivity index (χ0) is 21.8. The Labute approximate surface area is 183 Å². The van der Waals surface area contributed by atoms with Crippen LogP contribution in [0.1, 0.15) is 18.5 Å². The summed E-state index contributed by atoms with van der Waals surface area (Å²) in [6.07, 6.45) is 1.93. The molecule has 3 aromatic rings. The minimum atomic E-state index is -0.232. The van der Waals surface area contributed by atoms with E-state index in [1.807, 2.05) is 44.3 Å². The number of ether oxygens (including phenoxy) is 1. The number of carbonyl (C=O) groups excluding carboxylic acids is 1. The van der Waals surface area contributed by atoms with Gasteiger partial charge < -0.3 is 10.1 Å². The average molecular weight is 444 g/mol. The van der Waals surface area contributed by atoms with Crippen LogP contribution in [0.5, 0.6) is 0 Å². The second kappa shape index (κ2) is 9.48. The number of para-hydroxylation sites is 1. The Kier molecular flexibility index (Phi) is 6.52. The second-order valence-corrected chi connectivity index (χ2v) is 8.37. The number of hydrogen-bond donors (Lipinski definition) is 1. The Morgan fingerprint density at radius 2 is 2.00 bits per heavy atom. The molecule has 1 amide bonds. The summed E-state index contributed by atoms with van der Waals surface area (Å²) in [6, 6.07) is 9.38. The summed E-state index contributed by atoms with van der Waals surface area (Å²) in [7, 11) is 1.81. The Balaban J connectivity index is 1.48. The Morgan fingerprint density at radius 3 is 2.74 bits per heavy atom. The molecule has 31 heavy (non-hydrogen) atoms. The van der Waals surface area contributed by atoms with Crippen molar-refractivity contribution in [2.45, 2.75) is 24.9 Å². The minimum absolute atomic E-state index is 0.0856. The fraction of sp³-hybridized carbons (Fsp3) is 0.450. The van der Waals surface area contributed by atoms with E-state index in [2.05, 4.69) is 20.8 Å². The molecule has 11 heteroatoms. The van der Waals surface area contributed by atoms with Crippen molar-refractivity contribution >= 4 is 17.7 Å². The Hall–Kier alpha value is -2.92. The number of tetrazole rings is 1. The second-order valence-electron chi connectivity index (χ2n) is 7.43. The van der Waals surface area contributed by atoms with Gasteiger partial charge in [-0.25, -0.2) is 4.68 Å². The van der Waals surface area contributed by atoms with Crippen molar-refractivity contribution in [3.05, 3.63) is 46.4 Å². The van der Waals surface area contributed by atoms with Gasteiger partial charge in [-0.2, -0.15) is 4.68 Å². The third-order valence-electron chi connectivity index (χ3n) is 5.44. The highest BCUT2D eigenvalue weighted by Crippen LogP contribution is 2.20. The lowest BCUT2D eigenvalue weighted by Gasteiger charge is -2.22. The first-order chi connectivity index (χ1) is 15.1. The smallest absolute Gasteiger partial charge is 0.297 e. The molecule has 0 spiro atoms. The molecule has 1 fully saturated rings. The van der Waals surface area contributed by atoms with Gasteiger partial charge in [-0.05, 0) is 48.2 Å². The fourth-order valence-electron chi connectivity index (χ4n) is 3.60. The van der Waals surface area contributed by atoms with E-state index in [0.29, 0.717) is 29.0 Å². The van der Waals surface area contributed by atoms with E-state index in [4.69, 9.17) is 4.74 Å². The summed E-state index contributed by atoms with van der Waals surface area (Å²) < 4.78 is 10.1. The summed E-state index contributed by atoms with van der Waals surface area (Å²) in [6.45, 7) is 3.99. The molecule has 1 aliphatic rings. The van der Waals surface area contributed by atoms with Crippen LogP contribution in [0.3, 0.4) is 0 Å². The molecule has 2 aromatic heterocycles. The van der Waals surface area contributed by atoms with Crippen LogP contribution in [-0.2, 0) is 16.6 Å². The van der Waals surface area contributed by atoms with Gasteiger partial charge in [-0.1, -0.05) is 30.0 Å². The number of hydrogen-bond acceptors (Lipinski definition) is 7. The molecule has 0 radical (unpaired) electrons. The zero-order valence-electron chi connectivity index (χ0n) is 17.5. The predicted octanol–water partition coefficient (Wildman–Crippen LogP) is 1.10. The average Bonchev–Trinajstić information content (AvgIpc) is 3.34. The van der Waals surface area contributed by atoms with E-state index < -0.39 is 0 Å². The van der Waals surface area contributed by atoms with Crippen LogP contribution in [0, 0.1) is 12.8 Å². The van der Waals surface area contributed by atoms with Crippen LogP contribution >= 0.6 is 11.8 Å². The number of amides is 1. The van der Waals surface area contributed by atoms with Crippen molar-refractivity contribution in [2.75, 3.05) is 25.5 Å². The number of thioether (sulfide) groups is 1. The Bertz CT molecular complexity index is 1100. The van der Waals surface area contributed by atoms with E-state index in [1.165, 1.54) is 16.4 Å². The summed E-state index contributed by atoms with van der Waals surface area (Å²) in [5.41, 5.74) is 1.59. The fourth-order valence-corrected chi connectivity index (χ4v) is 4.30. The number of rotatable bonds is 7. The number of nitrogens with one attached hydrogen (secondary N) is 1. The molecule has 0 bridgehead atoms. The molecule has 0 unspecified atom stereocenters. The van der Waals surface area contributed by atoms with E-state index in [9.17, 15) is 9.59 Å². The van der Waals surface area contributed by atoms with Gasteiger partial charge in [-0.3, -0.25) is 14.3 Å². The summed E-state index contributed by atoms with van der Waals surface area (Å²) in [5, 5.41) is 15.1. The van der Waals surface area contributed by atoms with E-state index in [-0.39, 0.29) is 17.2 Å². The van der Waals surface area contributed by atoms with Gasteiger partial charge in [0.1, 0.15) is 0 Å². The Morgan fingerprint density at radius 1 is 1.26 bits per heavy atom. The first-order valence-corrected chi connectivity index (χ1v) is 11.1. The van der Waals surface area contributed by atoms with Crippen LogP contribution in [0.4, 0.5) is 0 Å². The topological polar surface area (TPSA) is 109 Å². The lowest BCUT2D eigenvalue weighted by atomic mass is 10.0. The van der Waals surface area contributed by atoms with E-state index in [0.717, 1.165) is 31.7 Å². The zero-order valence-corrected chi connectivity index (χ0v) is 18.3. The summed E-state index contributed by atoms with van der Waals surface area (Å²) in [5.74, 6) is 0.538. The predicted molar refractivity (Wildman–Crippen MR) is 116 cm³/mol. The molecule has 0 saturated carbocycles. The van der Waals surface area contributed by atoms with Crippen LogP contribution in [0.15, 0.2) is 40.3 Å². The molecule has 1 saturated heterocycles. The van der Waals surface area contributed by atoms with Gasteiger partial charge >= 0.3 is 0 Å². The maximum Gasteiger partial charge on any atom is 0.297 e. The largest absolute Gasteiger partial charge is 0.381 e. The van der Waals surface area contributed by atoms with Crippen molar-refractivity contribution in [1.29, 1.82) is 0 Å². The molecule has 1 N–H and O–H groups in total. The molecular weight excluding hydrogens is 418 g/mol. The molecule has 4 rings (SSSR count). The number of nitrogens with zero attached hydrogens (tertiary/aromatic N) is 6. The van der Waals surface area contributed by atoms with Gasteiger partial charge in [0.25, 0.3) is 5.56 Å². The van der Waals surface area contributed by atoms with Gasteiger partial charge in [0.2, 0.25) is 11.1 Å². The van der Waals surface area contributed by atoms with Gasteiger partial charge in [0.15, 0.2) is 5.69 Å². The minimum Gasteiger partial charge on any atom is -0.381 e. The van der Waals surface area contributed by atoms with Crippen LogP contribution in [-0.4, -0.2) is 61.0 Å². The van der Waals surface area contributed by atoms with Crippen molar-refractivity contribution in [1.82, 2.24) is 34.9 Å². The third-order valence-corrected chi connectivity index (χ3v) is 6.36. The quantitative estimate of drug-likeness (QED) is 0.545. The molecule has 1 aromatic carbocycles. The molecule has 0 atom stereocenters. The number of carbonyl (C=O) groups is 1. The normalized spacial score (nSPS) is 14.6. The molecule has 0 aliphatic carbocycles. The van der Waals surface area contributed by atoms with E-state index >= 15 is 0 Å². The van der Waals surface area contributed by atoms with Gasteiger partial charge in [0, 0.05) is 26.8 Å². The van der Waals surface area contributed by atoms with Crippen molar-refractivity contribution < 1.29 is 9.53 Å². The highest BCUT2D eigenvalue weighted by atomic mass is 32.2. The van der Waals surface area contributed by atoms with Gasteiger partial charge in [-0.15, -0.1) is 5.10 Å². The molecule has 10 nitrogen and oxygen atoms in total. The maximum atomic E-state index is 13.2. The van der Waals surface area contributed by atoms with Crippen LogP contribution in [0.25, 0.3) is 11.4 Å². The highest BCUT2D eigenvalue weighted by molar-refractivity contribution is 7.99. The van der Waals surface area contributed by atoms with Gasteiger partial charge in [0.05, 0.1) is 17.1 Å². The molecule has 3 heterocycles. The lowest BCUT2D eigenvalue weighted by molar-refractivity contribution is -0.118. The van der Waals surface area contributed by atoms with Crippen LogP contribution < -0.4 is 10.9 Å². The third kappa shape index (κ3) is 4.57. The molecular formula is C20H25N7O3S. The van der Waals surface area contributed by atoms with Crippen LogP contribution in [0.2, 0.25) is 0 Å². The molecule has 164 valence electrons. The van der Waals surface area contributed by atoms with Crippen molar-refractivity contribution in [3.63, 3.8) is 0 Å². The summed E-state index contributed by atoms with van der Waals surface area (Å²) in [4.78, 5) is 25.5. The summed E-state index contributed by atoms with van der Waals surface area (Å²) >= 11 is 1.20. The number of aromatic nitrogens is 6. The van der Waals surface area contributed by atoms with E-state index in [1.54, 1.807) is 9.36 Å². The number of benzene rings is 1. The standard InChI is InChI=1S/C20H25N7O3S/c1-14-18(19(29)27(25(14)2)16-6-4-3-5-7-16)26-20(22-23-24-26)31-13-17(28)21-12-15-8-10-30-11-9-15/h3-7,15H,8-13H2,1-2H3,(H,21,28). The maximum absolute atomic E-state index is 13.2. The first-order valence-electron chi connectivity index (χ1n) is 10.2. The monoisotopic (exact) mass is 443 g/mol. The lowest BCUT2D eigenvalue weighted by Crippen LogP contribution is -2.33. The highest BCUT2D eigenvalue weighted by Gasteiger charge is 2.22. The molecule has 1 aliphatic heterocycles. The van der Waals surface area contributed by atoms with Crippen molar-refractivity contribution in [3.8, 4) is 11.4 Å².